The number of hydrogen-bond donors (Lipinski definition) is 2. The zero-order valence-corrected chi connectivity index (χ0v) is 21.2. The third kappa shape index (κ3) is 3.74. The second kappa shape index (κ2) is 8.80. The van der Waals surface area contributed by atoms with E-state index >= 15 is 0 Å². The Kier molecular flexibility index (Phi) is 5.52. The Hall–Kier alpha value is -4.52. The highest BCUT2D eigenvalue weighted by Crippen LogP contribution is 2.43. The zero-order chi connectivity index (χ0) is 26.7. The van der Waals surface area contributed by atoms with Crippen LogP contribution in [0.1, 0.15) is 39.7 Å². The number of benzene rings is 4. The number of hydrogen-bond acceptors (Lipinski definition) is 4. The summed E-state index contributed by atoms with van der Waals surface area (Å²) in [5, 5.41) is 6.46. The number of carbonyl (C=O) groups is 1. The SMILES string of the molecule is CCc1cc(N)nc(C)c1CNC(=O)c1ccc2c(c1)c1oc2c2ccc(-c3c(C)cc(F)cc3F)cc21. The van der Waals surface area contributed by atoms with Gasteiger partial charge in [0.05, 0.1) is 0 Å². The molecule has 0 atom stereocenters. The predicted octanol–water partition coefficient (Wildman–Crippen LogP) is 7.21. The fraction of sp³-hybridized carbons (Fsp3) is 0.161. The van der Waals surface area contributed by atoms with Gasteiger partial charge in [-0.15, -0.1) is 0 Å². The number of aryl methyl sites for hydroxylation is 3. The molecule has 0 unspecified atom stereocenters. The van der Waals surface area contributed by atoms with Crippen molar-refractivity contribution < 1.29 is 18.0 Å². The van der Waals surface area contributed by atoms with Crippen LogP contribution >= 0.6 is 0 Å². The van der Waals surface area contributed by atoms with Crippen LogP contribution in [0.4, 0.5) is 14.6 Å². The van der Waals surface area contributed by atoms with Gasteiger partial charge in [0, 0.05) is 51.0 Å². The van der Waals surface area contributed by atoms with Crippen molar-refractivity contribution in [2.24, 2.45) is 0 Å². The van der Waals surface area contributed by atoms with Gasteiger partial charge >= 0.3 is 0 Å². The van der Waals surface area contributed by atoms with Crippen LogP contribution in [0.2, 0.25) is 0 Å². The average Bonchev–Trinajstić information content (AvgIpc) is 3.44. The third-order valence-electron chi connectivity index (χ3n) is 7.27. The Balaban J connectivity index is 1.37. The van der Waals surface area contributed by atoms with Gasteiger partial charge in [0.2, 0.25) is 0 Å². The number of carbonyl (C=O) groups excluding carboxylic acids is 1. The van der Waals surface area contributed by atoms with Gasteiger partial charge in [-0.2, -0.15) is 0 Å². The second-order valence-electron chi connectivity index (χ2n) is 9.67. The molecule has 0 fully saturated rings. The monoisotopic (exact) mass is 509 g/mol. The molecule has 6 rings (SSSR count). The van der Waals surface area contributed by atoms with Gasteiger partial charge in [-0.05, 0) is 85.0 Å². The summed E-state index contributed by atoms with van der Waals surface area (Å²) in [5.41, 5.74) is 12.1. The Bertz CT molecular complexity index is 1870. The summed E-state index contributed by atoms with van der Waals surface area (Å²) in [4.78, 5) is 17.4. The normalized spacial score (nSPS) is 11.7. The number of aromatic nitrogens is 1. The van der Waals surface area contributed by atoms with Gasteiger partial charge in [0.15, 0.2) is 0 Å². The maximum Gasteiger partial charge on any atom is 0.251 e. The minimum absolute atomic E-state index is 0.211. The van der Waals surface area contributed by atoms with Crippen molar-refractivity contribution in [3.63, 3.8) is 0 Å². The van der Waals surface area contributed by atoms with E-state index in [2.05, 4.69) is 10.3 Å². The molecule has 7 heteroatoms. The molecule has 5 nitrogen and oxygen atoms in total. The highest BCUT2D eigenvalue weighted by molar-refractivity contribution is 6.26. The minimum atomic E-state index is -0.610. The van der Waals surface area contributed by atoms with Gasteiger partial charge < -0.3 is 15.5 Å². The number of amides is 1. The third-order valence-corrected chi connectivity index (χ3v) is 7.27. The van der Waals surface area contributed by atoms with Gasteiger partial charge in [-0.3, -0.25) is 4.79 Å². The van der Waals surface area contributed by atoms with E-state index < -0.39 is 11.6 Å². The van der Waals surface area contributed by atoms with Crippen molar-refractivity contribution in [1.82, 2.24) is 10.3 Å². The number of halogens is 2. The fourth-order valence-electron chi connectivity index (χ4n) is 5.46. The van der Waals surface area contributed by atoms with Crippen molar-refractivity contribution in [3.05, 3.63) is 94.2 Å². The van der Waals surface area contributed by atoms with Crippen molar-refractivity contribution >= 4 is 44.4 Å². The Labute approximate surface area is 217 Å². The van der Waals surface area contributed by atoms with E-state index in [0.717, 1.165) is 56.4 Å². The fourth-order valence-corrected chi connectivity index (χ4v) is 5.46. The average molecular weight is 510 g/mol. The molecule has 1 amide bonds. The summed E-state index contributed by atoms with van der Waals surface area (Å²) >= 11 is 0. The lowest BCUT2D eigenvalue weighted by Gasteiger charge is -2.13. The smallest absolute Gasteiger partial charge is 0.251 e. The molecule has 190 valence electrons. The van der Waals surface area contributed by atoms with Gasteiger partial charge in [-0.25, -0.2) is 13.8 Å². The molecular formula is C31H25F2N3O2. The van der Waals surface area contributed by atoms with Crippen molar-refractivity contribution in [3.8, 4) is 11.1 Å². The molecule has 0 aliphatic carbocycles. The number of anilines is 1. The van der Waals surface area contributed by atoms with E-state index in [1.807, 2.05) is 50.2 Å². The van der Waals surface area contributed by atoms with Crippen molar-refractivity contribution in [2.45, 2.75) is 33.7 Å². The summed E-state index contributed by atoms with van der Waals surface area (Å²) in [6, 6.07) is 15.1. The number of nitrogens with zero attached hydrogens (tertiary/aromatic N) is 1. The van der Waals surface area contributed by atoms with E-state index in [1.54, 1.807) is 13.0 Å². The summed E-state index contributed by atoms with van der Waals surface area (Å²) in [5.74, 6) is -0.956. The van der Waals surface area contributed by atoms with E-state index in [-0.39, 0.29) is 5.91 Å². The number of fused-ring (bicyclic) bond motifs is 8. The maximum absolute atomic E-state index is 14.7. The molecule has 6 aromatic rings. The first kappa shape index (κ1) is 23.9. The second-order valence-corrected chi connectivity index (χ2v) is 9.67. The molecule has 3 aromatic heterocycles. The Morgan fingerprint density at radius 1 is 0.947 bits per heavy atom. The largest absolute Gasteiger partial charge is 0.455 e. The Morgan fingerprint density at radius 2 is 1.66 bits per heavy atom. The highest BCUT2D eigenvalue weighted by Gasteiger charge is 2.21. The maximum atomic E-state index is 14.7. The first-order valence-corrected chi connectivity index (χ1v) is 12.5. The molecule has 3 aromatic carbocycles. The molecule has 0 saturated heterocycles. The predicted molar refractivity (Wildman–Crippen MR) is 146 cm³/mol. The van der Waals surface area contributed by atoms with E-state index in [4.69, 9.17) is 10.2 Å². The van der Waals surface area contributed by atoms with Gasteiger partial charge in [0.25, 0.3) is 5.91 Å². The Morgan fingerprint density at radius 3 is 2.39 bits per heavy atom. The van der Waals surface area contributed by atoms with Crippen molar-refractivity contribution in [1.29, 1.82) is 0 Å². The molecular weight excluding hydrogens is 484 g/mol. The highest BCUT2D eigenvalue weighted by atomic mass is 19.1. The van der Waals surface area contributed by atoms with Crippen LogP contribution in [-0.4, -0.2) is 10.9 Å². The number of nitrogen functional groups attached to an aromatic ring is 1. The molecule has 0 saturated carbocycles. The van der Waals surface area contributed by atoms with Crippen LogP contribution in [0, 0.1) is 25.5 Å². The summed E-state index contributed by atoms with van der Waals surface area (Å²) in [6.45, 7) is 5.96. The number of pyridine rings is 1. The molecule has 3 heterocycles. The quantitative estimate of drug-likeness (QED) is 0.241. The summed E-state index contributed by atoms with van der Waals surface area (Å²) < 4.78 is 34.5. The van der Waals surface area contributed by atoms with Gasteiger partial charge in [0.1, 0.15) is 28.6 Å². The number of nitrogens with one attached hydrogen (secondary N) is 1. The van der Waals surface area contributed by atoms with Crippen LogP contribution in [0.15, 0.2) is 59.0 Å². The molecule has 0 radical (unpaired) electrons. The van der Waals surface area contributed by atoms with Crippen molar-refractivity contribution in [2.75, 3.05) is 5.73 Å². The molecule has 0 spiro atoms. The lowest BCUT2D eigenvalue weighted by atomic mass is 9.95. The van der Waals surface area contributed by atoms with Crippen LogP contribution in [0.5, 0.6) is 0 Å². The molecule has 2 bridgehead atoms. The topological polar surface area (TPSA) is 81.1 Å². The van der Waals surface area contributed by atoms with Crippen LogP contribution in [-0.2, 0) is 13.0 Å². The molecule has 0 aliphatic rings. The van der Waals surface area contributed by atoms with E-state index in [1.165, 1.54) is 6.07 Å². The van der Waals surface area contributed by atoms with Gasteiger partial charge in [-0.1, -0.05) is 13.0 Å². The molecule has 38 heavy (non-hydrogen) atoms. The lowest BCUT2D eigenvalue weighted by molar-refractivity contribution is 0.0951. The van der Waals surface area contributed by atoms with E-state index in [9.17, 15) is 13.6 Å². The van der Waals surface area contributed by atoms with Crippen LogP contribution in [0.25, 0.3) is 43.8 Å². The molecule has 0 aliphatic heterocycles. The minimum Gasteiger partial charge on any atom is -0.455 e. The van der Waals surface area contributed by atoms with Crippen LogP contribution < -0.4 is 11.1 Å². The van der Waals surface area contributed by atoms with E-state index in [0.29, 0.717) is 40.2 Å². The summed E-state index contributed by atoms with van der Waals surface area (Å²) in [7, 11) is 0. The van der Waals surface area contributed by atoms with Crippen LogP contribution in [0.3, 0.4) is 0 Å². The lowest BCUT2D eigenvalue weighted by Crippen LogP contribution is -2.24. The first-order valence-electron chi connectivity index (χ1n) is 12.5. The first-order chi connectivity index (χ1) is 18.2. The standard InChI is InChI=1S/C31H25F2N3O2/c1-4-17-12-27(34)36-16(3)25(17)14-35-31(37)19-6-8-22-24(11-19)30-23-10-18(5-7-21(23)29(22)38-30)28-15(2)9-20(32)13-26(28)33/h5-13H,4,14H2,1-3H3,(H2,34,36)(H,35,37). The summed E-state index contributed by atoms with van der Waals surface area (Å²) in [6.07, 6.45) is 0.786. The molecule has 3 N–H and O–H groups in total. The number of furan rings is 2. The number of rotatable bonds is 5. The number of nitrogens with two attached hydrogens (primary N) is 1. The zero-order valence-electron chi connectivity index (χ0n) is 21.2.